The number of rotatable bonds is 4. The second-order valence-corrected chi connectivity index (χ2v) is 7.51. The molecule has 0 radical (unpaired) electrons. The van der Waals surface area contributed by atoms with Crippen LogP contribution in [-0.4, -0.2) is 42.5 Å². The molecule has 140 valence electrons. The van der Waals surface area contributed by atoms with Gasteiger partial charge in [0.05, 0.1) is 6.54 Å². The average molecular weight is 413 g/mol. The van der Waals surface area contributed by atoms with Gasteiger partial charge in [-0.2, -0.15) is 16.3 Å². The maximum atomic E-state index is 13.1. The van der Waals surface area contributed by atoms with Crippen molar-refractivity contribution < 1.29 is 9.32 Å². The molecule has 28 heavy (non-hydrogen) atoms. The van der Waals surface area contributed by atoms with E-state index in [1.54, 1.807) is 20.9 Å². The summed E-state index contributed by atoms with van der Waals surface area (Å²) < 4.78 is 6.94. The monoisotopic (exact) mass is 412 g/mol. The topological polar surface area (TPSA) is 89.9 Å². The summed E-state index contributed by atoms with van der Waals surface area (Å²) >= 11 is 7.48. The molecule has 8 nitrogen and oxygen atoms in total. The van der Waals surface area contributed by atoms with E-state index in [0.29, 0.717) is 41.9 Å². The summed E-state index contributed by atoms with van der Waals surface area (Å²) in [6, 6.07) is 9.34. The zero-order valence-electron chi connectivity index (χ0n) is 14.4. The molecule has 1 aliphatic heterocycles. The molecular formula is C18H13ClN6O2S. The Morgan fingerprint density at radius 1 is 1.18 bits per heavy atom. The van der Waals surface area contributed by atoms with E-state index in [4.69, 9.17) is 16.1 Å². The molecule has 0 bridgehead atoms. The van der Waals surface area contributed by atoms with Crippen LogP contribution in [0.3, 0.4) is 0 Å². The average Bonchev–Trinajstić information content (AvgIpc) is 3.45. The van der Waals surface area contributed by atoms with Crippen molar-refractivity contribution in [3.8, 4) is 23.0 Å². The molecule has 3 aromatic heterocycles. The number of hydrogen-bond acceptors (Lipinski definition) is 7. The minimum Gasteiger partial charge on any atom is -0.332 e. The quantitative estimate of drug-likeness (QED) is 0.510. The SMILES string of the molecule is O=C1c2c(-c3nc(-c4ccsc4)no3)nnn2CCN1Cc1ccc(Cl)cc1. The van der Waals surface area contributed by atoms with E-state index in [1.165, 1.54) is 0 Å². The maximum absolute atomic E-state index is 13.1. The Labute approximate surface area is 168 Å². The predicted molar refractivity (Wildman–Crippen MR) is 103 cm³/mol. The minimum atomic E-state index is -0.170. The Balaban J connectivity index is 1.44. The Hall–Kier alpha value is -3.04. The molecule has 1 aromatic carbocycles. The van der Waals surface area contributed by atoms with Gasteiger partial charge in [0.25, 0.3) is 11.8 Å². The first-order valence-corrected chi connectivity index (χ1v) is 9.85. The molecule has 5 rings (SSSR count). The van der Waals surface area contributed by atoms with Crippen molar-refractivity contribution in [2.24, 2.45) is 0 Å². The molecule has 0 saturated carbocycles. The van der Waals surface area contributed by atoms with Gasteiger partial charge in [-0.15, -0.1) is 5.10 Å². The third kappa shape index (κ3) is 2.98. The van der Waals surface area contributed by atoms with E-state index in [0.717, 1.165) is 11.1 Å². The number of carbonyl (C=O) groups is 1. The van der Waals surface area contributed by atoms with Crippen LogP contribution in [0.2, 0.25) is 5.02 Å². The molecule has 0 spiro atoms. The van der Waals surface area contributed by atoms with Gasteiger partial charge >= 0.3 is 0 Å². The van der Waals surface area contributed by atoms with Gasteiger partial charge in [-0.1, -0.05) is 34.1 Å². The lowest BCUT2D eigenvalue weighted by Crippen LogP contribution is -2.40. The molecular weight excluding hydrogens is 400 g/mol. The summed E-state index contributed by atoms with van der Waals surface area (Å²) in [4.78, 5) is 19.2. The molecule has 1 amide bonds. The lowest BCUT2D eigenvalue weighted by Gasteiger charge is -2.27. The summed E-state index contributed by atoms with van der Waals surface area (Å²) in [7, 11) is 0. The summed E-state index contributed by atoms with van der Waals surface area (Å²) in [5.41, 5.74) is 2.52. The van der Waals surface area contributed by atoms with Gasteiger partial charge in [-0.3, -0.25) is 4.79 Å². The number of halogens is 1. The van der Waals surface area contributed by atoms with E-state index in [-0.39, 0.29) is 11.8 Å². The Bertz CT molecular complexity index is 1140. The van der Waals surface area contributed by atoms with Crippen molar-refractivity contribution in [1.29, 1.82) is 0 Å². The second kappa shape index (κ2) is 6.84. The van der Waals surface area contributed by atoms with Crippen molar-refractivity contribution in [3.05, 3.63) is 57.4 Å². The number of amides is 1. The molecule has 0 aliphatic carbocycles. The minimum absolute atomic E-state index is 0.170. The number of benzene rings is 1. The smallest absolute Gasteiger partial charge is 0.281 e. The fraction of sp³-hybridized carbons (Fsp3) is 0.167. The van der Waals surface area contributed by atoms with Crippen molar-refractivity contribution >= 4 is 28.8 Å². The Morgan fingerprint density at radius 3 is 2.82 bits per heavy atom. The highest BCUT2D eigenvalue weighted by molar-refractivity contribution is 7.08. The number of fused-ring (bicyclic) bond motifs is 1. The lowest BCUT2D eigenvalue weighted by atomic mass is 10.1. The summed E-state index contributed by atoms with van der Waals surface area (Å²) in [6.45, 7) is 1.57. The fourth-order valence-electron chi connectivity index (χ4n) is 3.08. The largest absolute Gasteiger partial charge is 0.332 e. The highest BCUT2D eigenvalue weighted by Gasteiger charge is 2.32. The highest BCUT2D eigenvalue weighted by atomic mass is 35.5. The van der Waals surface area contributed by atoms with Gasteiger partial charge < -0.3 is 9.42 Å². The normalized spacial score (nSPS) is 13.8. The van der Waals surface area contributed by atoms with Crippen LogP contribution >= 0.6 is 22.9 Å². The number of thiophene rings is 1. The second-order valence-electron chi connectivity index (χ2n) is 6.30. The third-order valence-electron chi connectivity index (χ3n) is 4.50. The van der Waals surface area contributed by atoms with Crippen LogP contribution in [0.25, 0.3) is 23.0 Å². The third-order valence-corrected chi connectivity index (χ3v) is 5.44. The zero-order valence-corrected chi connectivity index (χ0v) is 16.0. The van der Waals surface area contributed by atoms with Crippen LogP contribution in [0.5, 0.6) is 0 Å². The fourth-order valence-corrected chi connectivity index (χ4v) is 3.84. The van der Waals surface area contributed by atoms with Gasteiger partial charge in [0.2, 0.25) is 5.82 Å². The van der Waals surface area contributed by atoms with Crippen LogP contribution in [0.1, 0.15) is 16.1 Å². The molecule has 0 unspecified atom stereocenters. The molecule has 0 atom stereocenters. The van der Waals surface area contributed by atoms with Crippen LogP contribution in [0.4, 0.5) is 0 Å². The molecule has 10 heteroatoms. The highest BCUT2D eigenvalue weighted by Crippen LogP contribution is 2.27. The first-order valence-electron chi connectivity index (χ1n) is 8.53. The Kier molecular flexibility index (Phi) is 4.18. The van der Waals surface area contributed by atoms with Gasteiger partial charge in [-0.05, 0) is 29.1 Å². The number of carbonyl (C=O) groups excluding carboxylic acids is 1. The first-order chi connectivity index (χ1) is 13.7. The molecule has 1 aliphatic rings. The van der Waals surface area contributed by atoms with Gasteiger partial charge in [0.1, 0.15) is 0 Å². The summed E-state index contributed by atoms with van der Waals surface area (Å²) in [5.74, 6) is 0.472. The van der Waals surface area contributed by atoms with E-state index in [1.807, 2.05) is 41.1 Å². The van der Waals surface area contributed by atoms with E-state index >= 15 is 0 Å². The standard InChI is InChI=1S/C18H13ClN6O2S/c19-13-3-1-11(2-4-13)9-24-6-7-25-15(18(24)26)14(21-23-25)17-20-16(22-27-17)12-5-8-28-10-12/h1-5,8,10H,6-7,9H2. The van der Waals surface area contributed by atoms with Crippen LogP contribution in [0, 0.1) is 0 Å². The van der Waals surface area contributed by atoms with Crippen molar-refractivity contribution in [2.45, 2.75) is 13.1 Å². The molecule has 0 N–H and O–H groups in total. The Morgan fingerprint density at radius 2 is 2.04 bits per heavy atom. The van der Waals surface area contributed by atoms with Crippen LogP contribution in [-0.2, 0) is 13.1 Å². The van der Waals surface area contributed by atoms with E-state index < -0.39 is 0 Å². The van der Waals surface area contributed by atoms with Crippen molar-refractivity contribution in [1.82, 2.24) is 30.0 Å². The first kappa shape index (κ1) is 17.1. The van der Waals surface area contributed by atoms with E-state index in [2.05, 4.69) is 20.5 Å². The number of aromatic nitrogens is 5. The molecule has 4 heterocycles. The summed E-state index contributed by atoms with van der Waals surface area (Å²) in [5, 5.41) is 16.7. The lowest BCUT2D eigenvalue weighted by molar-refractivity contribution is 0.0684. The maximum Gasteiger partial charge on any atom is 0.281 e. The van der Waals surface area contributed by atoms with Crippen molar-refractivity contribution in [2.75, 3.05) is 6.54 Å². The van der Waals surface area contributed by atoms with Gasteiger partial charge in [0, 0.05) is 29.1 Å². The van der Waals surface area contributed by atoms with Gasteiger partial charge in [0.15, 0.2) is 11.4 Å². The molecule has 0 fully saturated rings. The van der Waals surface area contributed by atoms with Crippen LogP contribution < -0.4 is 0 Å². The molecule has 4 aromatic rings. The predicted octanol–water partition coefficient (Wildman–Crippen LogP) is 3.37. The van der Waals surface area contributed by atoms with Gasteiger partial charge in [-0.25, -0.2) is 4.68 Å². The number of nitrogens with zero attached hydrogens (tertiary/aromatic N) is 6. The number of hydrogen-bond donors (Lipinski definition) is 0. The van der Waals surface area contributed by atoms with E-state index in [9.17, 15) is 4.79 Å². The molecule has 0 saturated heterocycles. The van der Waals surface area contributed by atoms with Crippen LogP contribution in [0.15, 0.2) is 45.6 Å². The summed E-state index contributed by atoms with van der Waals surface area (Å²) in [6.07, 6.45) is 0. The zero-order chi connectivity index (χ0) is 19.1. The van der Waals surface area contributed by atoms with Crippen molar-refractivity contribution in [3.63, 3.8) is 0 Å².